The summed E-state index contributed by atoms with van der Waals surface area (Å²) in [4.78, 5) is 25.6. The van der Waals surface area contributed by atoms with Crippen molar-refractivity contribution in [3.8, 4) is 5.75 Å². The van der Waals surface area contributed by atoms with Crippen LogP contribution in [0.4, 0.5) is 0 Å². The highest BCUT2D eigenvalue weighted by atomic mass is 16.5. The molecule has 5 nitrogen and oxygen atoms in total. The number of nitrogens with zero attached hydrogens (tertiary/aromatic N) is 1. The smallest absolute Gasteiger partial charge is 0.255 e. The first kappa shape index (κ1) is 18.0. The van der Waals surface area contributed by atoms with Gasteiger partial charge in [0.25, 0.3) is 11.8 Å². The molecular weight excluding hydrogens is 328 g/mol. The van der Waals surface area contributed by atoms with Crippen molar-refractivity contribution in [1.29, 1.82) is 0 Å². The van der Waals surface area contributed by atoms with Gasteiger partial charge in [-0.2, -0.15) is 0 Å². The molecule has 1 saturated heterocycles. The molecule has 2 aromatic rings. The first-order valence-corrected chi connectivity index (χ1v) is 8.72. The Morgan fingerprint density at radius 2 is 1.77 bits per heavy atom. The number of hydrogen-bond donors (Lipinski definition) is 1. The van der Waals surface area contributed by atoms with E-state index in [9.17, 15) is 9.59 Å². The van der Waals surface area contributed by atoms with Crippen LogP contribution in [0.3, 0.4) is 0 Å². The van der Waals surface area contributed by atoms with Crippen molar-refractivity contribution in [2.24, 2.45) is 11.1 Å². The molecule has 26 heavy (non-hydrogen) atoms. The zero-order valence-electron chi connectivity index (χ0n) is 15.1. The van der Waals surface area contributed by atoms with Crippen LogP contribution < -0.4 is 10.5 Å². The van der Waals surface area contributed by atoms with E-state index in [1.54, 1.807) is 24.3 Å². The summed E-state index contributed by atoms with van der Waals surface area (Å²) < 4.78 is 5.24. The molecule has 2 amide bonds. The van der Waals surface area contributed by atoms with Gasteiger partial charge in [0, 0.05) is 24.6 Å². The summed E-state index contributed by atoms with van der Waals surface area (Å²) in [6.45, 7) is 5.66. The molecule has 0 radical (unpaired) electrons. The SMILES string of the molecule is CC1(C)CN(C(=O)c2ccc(OCC(N)=O)cc2)CC1c1ccccc1. The zero-order chi connectivity index (χ0) is 18.7. The summed E-state index contributed by atoms with van der Waals surface area (Å²) in [6.07, 6.45) is 0. The lowest BCUT2D eigenvalue weighted by Gasteiger charge is -2.25. The second-order valence-corrected chi connectivity index (χ2v) is 7.42. The van der Waals surface area contributed by atoms with Crippen molar-refractivity contribution in [3.63, 3.8) is 0 Å². The summed E-state index contributed by atoms with van der Waals surface area (Å²) in [5, 5.41) is 0. The van der Waals surface area contributed by atoms with Gasteiger partial charge in [-0.05, 0) is 35.2 Å². The maximum Gasteiger partial charge on any atom is 0.255 e. The number of carbonyl (C=O) groups excluding carboxylic acids is 2. The van der Waals surface area contributed by atoms with Gasteiger partial charge in [-0.25, -0.2) is 0 Å². The number of nitrogens with two attached hydrogens (primary N) is 1. The molecule has 3 rings (SSSR count). The number of amides is 2. The molecule has 1 aliphatic heterocycles. The molecule has 1 aliphatic rings. The third-order valence-electron chi connectivity index (χ3n) is 4.92. The van der Waals surface area contributed by atoms with E-state index < -0.39 is 5.91 Å². The Labute approximate surface area is 153 Å². The van der Waals surface area contributed by atoms with Crippen molar-refractivity contribution in [2.45, 2.75) is 19.8 Å². The van der Waals surface area contributed by atoms with Crippen LogP contribution in [0.25, 0.3) is 0 Å². The molecule has 1 heterocycles. The Morgan fingerprint density at radius 3 is 2.38 bits per heavy atom. The normalized spacial score (nSPS) is 18.5. The number of ether oxygens (including phenoxy) is 1. The van der Waals surface area contributed by atoms with Gasteiger partial charge >= 0.3 is 0 Å². The molecule has 0 bridgehead atoms. The van der Waals surface area contributed by atoms with E-state index in [1.807, 2.05) is 23.1 Å². The average Bonchev–Trinajstić information content (AvgIpc) is 2.96. The van der Waals surface area contributed by atoms with E-state index >= 15 is 0 Å². The number of hydrogen-bond acceptors (Lipinski definition) is 3. The van der Waals surface area contributed by atoms with Gasteiger partial charge in [0.1, 0.15) is 5.75 Å². The predicted octanol–water partition coefficient (Wildman–Crippen LogP) is 2.82. The first-order chi connectivity index (χ1) is 12.4. The van der Waals surface area contributed by atoms with Gasteiger partial charge < -0.3 is 15.4 Å². The number of carbonyl (C=O) groups is 2. The van der Waals surface area contributed by atoms with Gasteiger partial charge in [-0.1, -0.05) is 44.2 Å². The molecule has 2 N–H and O–H groups in total. The molecule has 5 heteroatoms. The molecule has 1 unspecified atom stereocenters. The largest absolute Gasteiger partial charge is 0.484 e. The van der Waals surface area contributed by atoms with Gasteiger partial charge in [0.15, 0.2) is 6.61 Å². The molecule has 2 aromatic carbocycles. The monoisotopic (exact) mass is 352 g/mol. The van der Waals surface area contributed by atoms with E-state index in [1.165, 1.54) is 5.56 Å². The second-order valence-electron chi connectivity index (χ2n) is 7.42. The zero-order valence-corrected chi connectivity index (χ0v) is 15.1. The van der Waals surface area contributed by atoms with Crippen LogP contribution >= 0.6 is 0 Å². The summed E-state index contributed by atoms with van der Waals surface area (Å²) in [7, 11) is 0. The maximum atomic E-state index is 12.9. The molecule has 0 spiro atoms. The number of benzene rings is 2. The second kappa shape index (κ2) is 7.20. The lowest BCUT2D eigenvalue weighted by atomic mass is 9.78. The fraction of sp³-hybridized carbons (Fsp3) is 0.333. The van der Waals surface area contributed by atoms with Crippen LogP contribution in [0.2, 0.25) is 0 Å². The quantitative estimate of drug-likeness (QED) is 0.899. The van der Waals surface area contributed by atoms with Crippen molar-refractivity contribution < 1.29 is 14.3 Å². The van der Waals surface area contributed by atoms with Crippen LogP contribution in [-0.4, -0.2) is 36.4 Å². The van der Waals surface area contributed by atoms with E-state index in [0.717, 1.165) is 0 Å². The van der Waals surface area contributed by atoms with E-state index in [4.69, 9.17) is 10.5 Å². The summed E-state index contributed by atoms with van der Waals surface area (Å²) in [6, 6.07) is 17.2. The molecule has 1 atom stereocenters. The van der Waals surface area contributed by atoms with Crippen molar-refractivity contribution in [2.75, 3.05) is 19.7 Å². The van der Waals surface area contributed by atoms with Crippen LogP contribution in [0.5, 0.6) is 5.75 Å². The number of rotatable bonds is 5. The minimum Gasteiger partial charge on any atom is -0.484 e. The summed E-state index contributed by atoms with van der Waals surface area (Å²) in [5.74, 6) is 0.310. The molecule has 0 saturated carbocycles. The van der Waals surface area contributed by atoms with Crippen molar-refractivity contribution in [1.82, 2.24) is 4.90 Å². The Balaban J connectivity index is 1.71. The average molecular weight is 352 g/mol. The lowest BCUT2D eigenvalue weighted by molar-refractivity contribution is -0.119. The molecular formula is C21H24N2O3. The van der Waals surface area contributed by atoms with Crippen LogP contribution in [0.15, 0.2) is 54.6 Å². The van der Waals surface area contributed by atoms with Gasteiger partial charge in [-0.3, -0.25) is 9.59 Å². The predicted molar refractivity (Wildman–Crippen MR) is 100.0 cm³/mol. The van der Waals surface area contributed by atoms with E-state index in [-0.39, 0.29) is 17.9 Å². The van der Waals surface area contributed by atoms with Crippen molar-refractivity contribution in [3.05, 3.63) is 65.7 Å². The first-order valence-electron chi connectivity index (χ1n) is 8.72. The summed E-state index contributed by atoms with van der Waals surface area (Å²) in [5.41, 5.74) is 6.96. The maximum absolute atomic E-state index is 12.9. The van der Waals surface area contributed by atoms with Crippen LogP contribution in [-0.2, 0) is 4.79 Å². The van der Waals surface area contributed by atoms with E-state index in [0.29, 0.717) is 30.3 Å². The lowest BCUT2D eigenvalue weighted by Crippen LogP contribution is -2.30. The topological polar surface area (TPSA) is 72.6 Å². The summed E-state index contributed by atoms with van der Waals surface area (Å²) >= 11 is 0. The van der Waals surface area contributed by atoms with Crippen LogP contribution in [0, 0.1) is 5.41 Å². The molecule has 1 fully saturated rings. The number of likely N-dealkylation sites (tertiary alicyclic amines) is 1. The third-order valence-corrected chi connectivity index (χ3v) is 4.92. The minimum atomic E-state index is -0.531. The van der Waals surface area contributed by atoms with Gasteiger partial charge in [-0.15, -0.1) is 0 Å². The molecule has 0 aliphatic carbocycles. The molecule has 136 valence electrons. The highest BCUT2D eigenvalue weighted by Gasteiger charge is 2.42. The minimum absolute atomic E-state index is 0.0120. The Kier molecular flexibility index (Phi) is 4.98. The van der Waals surface area contributed by atoms with Crippen molar-refractivity contribution >= 4 is 11.8 Å². The van der Waals surface area contributed by atoms with Gasteiger partial charge in [0.2, 0.25) is 0 Å². The highest BCUT2D eigenvalue weighted by Crippen LogP contribution is 2.42. The highest BCUT2D eigenvalue weighted by molar-refractivity contribution is 5.94. The van der Waals surface area contributed by atoms with Gasteiger partial charge in [0.05, 0.1) is 0 Å². The van der Waals surface area contributed by atoms with Crippen LogP contribution in [0.1, 0.15) is 35.7 Å². The third kappa shape index (κ3) is 3.87. The Hall–Kier alpha value is -2.82. The fourth-order valence-electron chi connectivity index (χ4n) is 3.56. The van der Waals surface area contributed by atoms with E-state index in [2.05, 4.69) is 26.0 Å². The fourth-order valence-corrected chi connectivity index (χ4v) is 3.56. The Bertz CT molecular complexity index is 785. The Morgan fingerprint density at radius 1 is 1.12 bits per heavy atom. The standard InChI is InChI=1S/C21H24N2O3/c1-21(2)14-23(12-18(21)15-6-4-3-5-7-15)20(25)16-8-10-17(11-9-16)26-13-19(22)24/h3-11,18H,12-14H2,1-2H3,(H2,22,24). The molecule has 0 aromatic heterocycles. The number of primary amides is 1.